The summed E-state index contributed by atoms with van der Waals surface area (Å²) in [5.41, 5.74) is 0. The SMILES string of the molecule is O=C1/C=C/C(=O)OC23OC(=O)/C=C/C(=O)ON2CCNC3O1. The fourth-order valence-corrected chi connectivity index (χ4v) is 2.09. The Kier molecular flexibility index (Phi) is 3.39. The zero-order chi connectivity index (χ0) is 15.7. The number of carbonyl (C=O) groups is 4. The van der Waals surface area contributed by atoms with E-state index in [1.165, 1.54) is 0 Å². The van der Waals surface area contributed by atoms with Gasteiger partial charge in [-0.05, 0) is 0 Å². The summed E-state index contributed by atoms with van der Waals surface area (Å²) in [7, 11) is 0. The Morgan fingerprint density at radius 1 is 0.955 bits per heavy atom. The van der Waals surface area contributed by atoms with Crippen molar-refractivity contribution in [3.8, 4) is 0 Å². The molecule has 0 aliphatic carbocycles. The number of hydrogen-bond donors (Lipinski definition) is 1. The number of nitrogens with zero attached hydrogens (tertiary/aromatic N) is 1. The van der Waals surface area contributed by atoms with Crippen LogP contribution in [0.4, 0.5) is 0 Å². The average molecular weight is 310 g/mol. The molecule has 3 aliphatic heterocycles. The lowest BCUT2D eigenvalue weighted by molar-refractivity contribution is -0.404. The van der Waals surface area contributed by atoms with Gasteiger partial charge in [0, 0.05) is 30.8 Å². The second-order valence-electron chi connectivity index (χ2n) is 4.42. The summed E-state index contributed by atoms with van der Waals surface area (Å²) < 4.78 is 15.2. The van der Waals surface area contributed by atoms with Gasteiger partial charge in [-0.2, -0.15) is 0 Å². The van der Waals surface area contributed by atoms with Crippen LogP contribution in [0.2, 0.25) is 0 Å². The third-order valence-electron chi connectivity index (χ3n) is 2.96. The van der Waals surface area contributed by atoms with Crippen molar-refractivity contribution < 1.29 is 38.2 Å². The quantitative estimate of drug-likeness (QED) is 0.508. The van der Waals surface area contributed by atoms with Gasteiger partial charge in [-0.15, -0.1) is 0 Å². The first-order chi connectivity index (χ1) is 10.5. The lowest BCUT2D eigenvalue weighted by atomic mass is 10.2. The van der Waals surface area contributed by atoms with E-state index in [0.29, 0.717) is 0 Å². The fraction of sp³-hybridized carbons (Fsp3) is 0.333. The van der Waals surface area contributed by atoms with Crippen LogP contribution in [0, 0.1) is 0 Å². The van der Waals surface area contributed by atoms with Crippen molar-refractivity contribution in [2.75, 3.05) is 13.1 Å². The molecule has 3 heterocycles. The molecule has 0 aromatic carbocycles. The molecule has 0 aromatic rings. The van der Waals surface area contributed by atoms with Gasteiger partial charge in [-0.25, -0.2) is 19.2 Å². The maximum atomic E-state index is 11.8. The van der Waals surface area contributed by atoms with E-state index < -0.39 is 36.0 Å². The Bertz CT molecular complexity index is 558. The normalized spacial score (nSPS) is 35.0. The van der Waals surface area contributed by atoms with Gasteiger partial charge in [-0.1, -0.05) is 5.06 Å². The number of rotatable bonds is 0. The number of hydroxylamine groups is 2. The minimum atomic E-state index is -2.24. The first kappa shape index (κ1) is 14.2. The molecule has 2 unspecified atom stereocenters. The highest BCUT2D eigenvalue weighted by molar-refractivity contribution is 5.94. The van der Waals surface area contributed by atoms with Gasteiger partial charge in [0.15, 0.2) is 0 Å². The molecule has 22 heavy (non-hydrogen) atoms. The summed E-state index contributed by atoms with van der Waals surface area (Å²) in [6.45, 7) is 0.243. The molecule has 0 radical (unpaired) electrons. The molecule has 1 spiro atoms. The number of ether oxygens (including phenoxy) is 3. The summed E-state index contributed by atoms with van der Waals surface area (Å²) in [5.74, 6) is -5.90. The molecule has 0 amide bonds. The molecule has 10 heteroatoms. The van der Waals surface area contributed by atoms with Gasteiger partial charge in [0.2, 0.25) is 0 Å². The molecule has 0 saturated carbocycles. The summed E-state index contributed by atoms with van der Waals surface area (Å²) in [6.07, 6.45) is 1.98. The van der Waals surface area contributed by atoms with Crippen LogP contribution in [0.1, 0.15) is 0 Å². The lowest BCUT2D eigenvalue weighted by Gasteiger charge is -2.46. The van der Waals surface area contributed by atoms with E-state index >= 15 is 0 Å². The molecule has 1 fully saturated rings. The minimum Gasteiger partial charge on any atom is -0.433 e. The average Bonchev–Trinajstić information content (AvgIpc) is 2.45. The third-order valence-corrected chi connectivity index (χ3v) is 2.96. The Hall–Kier alpha value is -2.72. The smallest absolute Gasteiger partial charge is 0.405 e. The Morgan fingerprint density at radius 3 is 2.23 bits per heavy atom. The standard InChI is InChI=1S/C12H10N2O8/c15-7-1-2-8(16)20-12-11(19-7)13-5-6-14(12)22-10(18)4-3-9(17)21-12/h1-4,11,13H,5-6H2/b2-1+,4-3+. The van der Waals surface area contributed by atoms with Gasteiger partial charge in [0.05, 0.1) is 6.54 Å². The highest BCUT2D eigenvalue weighted by Gasteiger charge is 2.59. The van der Waals surface area contributed by atoms with Crippen LogP contribution in [0.5, 0.6) is 0 Å². The second kappa shape index (κ2) is 5.24. The fourth-order valence-electron chi connectivity index (χ4n) is 2.09. The molecule has 10 nitrogen and oxygen atoms in total. The zero-order valence-electron chi connectivity index (χ0n) is 11.0. The maximum absolute atomic E-state index is 11.8. The summed E-state index contributed by atoms with van der Waals surface area (Å²) in [6, 6.07) is 0. The van der Waals surface area contributed by atoms with Gasteiger partial charge >= 0.3 is 29.8 Å². The molecule has 3 aliphatic rings. The summed E-state index contributed by atoms with van der Waals surface area (Å²) in [5, 5.41) is 3.57. The molecular formula is C12H10N2O8. The highest BCUT2D eigenvalue weighted by Crippen LogP contribution is 2.30. The molecule has 1 saturated heterocycles. The van der Waals surface area contributed by atoms with Crippen molar-refractivity contribution in [3.63, 3.8) is 0 Å². The predicted octanol–water partition coefficient (Wildman–Crippen LogP) is -1.90. The van der Waals surface area contributed by atoms with Crippen LogP contribution >= 0.6 is 0 Å². The lowest BCUT2D eigenvalue weighted by Crippen LogP contribution is -2.72. The molecule has 1 N–H and O–H groups in total. The monoisotopic (exact) mass is 310 g/mol. The van der Waals surface area contributed by atoms with Crippen molar-refractivity contribution >= 4 is 23.9 Å². The van der Waals surface area contributed by atoms with Crippen LogP contribution in [0.25, 0.3) is 0 Å². The maximum Gasteiger partial charge on any atom is 0.405 e. The largest absolute Gasteiger partial charge is 0.433 e. The van der Waals surface area contributed by atoms with E-state index in [1.807, 2.05) is 0 Å². The number of carbonyl (C=O) groups excluding carboxylic acids is 4. The molecule has 116 valence electrons. The summed E-state index contributed by atoms with van der Waals surface area (Å²) in [4.78, 5) is 51.6. The number of piperazine rings is 1. The molecule has 3 rings (SSSR count). The first-order valence-corrected chi connectivity index (χ1v) is 6.25. The summed E-state index contributed by atoms with van der Waals surface area (Å²) >= 11 is 0. The van der Waals surface area contributed by atoms with Crippen molar-refractivity contribution in [2.24, 2.45) is 0 Å². The van der Waals surface area contributed by atoms with Crippen LogP contribution in [0.3, 0.4) is 0 Å². The third kappa shape index (κ3) is 2.44. The van der Waals surface area contributed by atoms with Crippen molar-refractivity contribution in [3.05, 3.63) is 24.3 Å². The number of hydrogen-bond acceptors (Lipinski definition) is 10. The molecule has 2 atom stereocenters. The minimum absolute atomic E-state index is 0.0257. The van der Waals surface area contributed by atoms with Gasteiger partial charge in [-0.3, -0.25) is 5.32 Å². The first-order valence-electron chi connectivity index (χ1n) is 6.25. The van der Waals surface area contributed by atoms with Gasteiger partial charge in [0.25, 0.3) is 6.23 Å². The second-order valence-corrected chi connectivity index (χ2v) is 4.42. The van der Waals surface area contributed by atoms with E-state index in [4.69, 9.17) is 19.0 Å². The highest BCUT2D eigenvalue weighted by atomic mass is 16.8. The number of nitrogens with one attached hydrogen (secondary N) is 1. The van der Waals surface area contributed by atoms with Gasteiger partial charge in [0.1, 0.15) is 0 Å². The Labute approximate surface area is 123 Å². The molecule has 0 bridgehead atoms. The Morgan fingerprint density at radius 2 is 1.55 bits per heavy atom. The van der Waals surface area contributed by atoms with E-state index in [0.717, 1.165) is 29.4 Å². The van der Waals surface area contributed by atoms with Gasteiger partial charge < -0.3 is 19.0 Å². The number of esters is 3. The predicted molar refractivity (Wildman–Crippen MR) is 63.9 cm³/mol. The molecule has 0 aromatic heterocycles. The van der Waals surface area contributed by atoms with Crippen molar-refractivity contribution in [1.29, 1.82) is 0 Å². The zero-order valence-corrected chi connectivity index (χ0v) is 11.0. The molecular weight excluding hydrogens is 300 g/mol. The van der Waals surface area contributed by atoms with E-state index in [1.54, 1.807) is 0 Å². The van der Waals surface area contributed by atoms with Crippen LogP contribution in [-0.2, 0) is 38.2 Å². The van der Waals surface area contributed by atoms with E-state index in [9.17, 15) is 19.2 Å². The van der Waals surface area contributed by atoms with Crippen LogP contribution in [0.15, 0.2) is 24.3 Å². The van der Waals surface area contributed by atoms with Crippen LogP contribution in [-0.4, -0.2) is 54.2 Å². The van der Waals surface area contributed by atoms with Crippen molar-refractivity contribution in [1.82, 2.24) is 10.4 Å². The van der Waals surface area contributed by atoms with E-state index in [2.05, 4.69) is 5.32 Å². The Balaban J connectivity index is 2.07. The topological polar surface area (TPSA) is 120 Å². The van der Waals surface area contributed by atoms with Crippen LogP contribution < -0.4 is 5.32 Å². The van der Waals surface area contributed by atoms with Crippen molar-refractivity contribution in [2.45, 2.75) is 12.1 Å². The van der Waals surface area contributed by atoms with E-state index in [-0.39, 0.29) is 13.1 Å².